The molecule has 0 aliphatic carbocycles. The minimum absolute atomic E-state index is 0.169. The van der Waals surface area contributed by atoms with Crippen LogP contribution in [0.3, 0.4) is 0 Å². The zero-order chi connectivity index (χ0) is 11.0. The Bertz CT molecular complexity index is 462. The number of rotatable bonds is 1. The first-order valence-electron chi connectivity index (χ1n) is 5.02. The molecule has 0 saturated heterocycles. The standard InChI is InChI=1S/C11H14N2O2/c1-7(14)9-5-8-3-4-13(2)6-10(8)12-11(9)15/h5H,3-4,6H2,1-2H3,(H,12,15). The molecule has 0 amide bonds. The molecule has 2 heterocycles. The molecule has 0 atom stereocenters. The van der Waals surface area contributed by atoms with Crippen LogP contribution in [-0.4, -0.2) is 29.3 Å². The van der Waals surface area contributed by atoms with Crippen molar-refractivity contribution in [1.82, 2.24) is 9.88 Å². The first-order chi connectivity index (χ1) is 7.08. The molecule has 0 radical (unpaired) electrons. The van der Waals surface area contributed by atoms with E-state index in [1.807, 2.05) is 7.05 Å². The van der Waals surface area contributed by atoms with Gasteiger partial charge >= 0.3 is 0 Å². The lowest BCUT2D eigenvalue weighted by Gasteiger charge is -2.24. The van der Waals surface area contributed by atoms with Crippen LogP contribution in [0.15, 0.2) is 10.9 Å². The van der Waals surface area contributed by atoms with Crippen LogP contribution in [0.1, 0.15) is 28.5 Å². The molecule has 4 nitrogen and oxygen atoms in total. The van der Waals surface area contributed by atoms with Gasteiger partial charge in [-0.05, 0) is 32.0 Å². The molecule has 2 rings (SSSR count). The zero-order valence-corrected chi connectivity index (χ0v) is 8.96. The summed E-state index contributed by atoms with van der Waals surface area (Å²) in [6.45, 7) is 3.14. The van der Waals surface area contributed by atoms with Gasteiger partial charge in [-0.15, -0.1) is 0 Å². The van der Waals surface area contributed by atoms with Crippen molar-refractivity contribution in [2.24, 2.45) is 0 Å². The molecule has 1 aliphatic rings. The van der Waals surface area contributed by atoms with E-state index >= 15 is 0 Å². The monoisotopic (exact) mass is 206 g/mol. The SMILES string of the molecule is CC(=O)c1cc2c([nH]c1=O)CN(C)CC2. The van der Waals surface area contributed by atoms with Gasteiger partial charge in [-0.25, -0.2) is 0 Å². The number of aromatic amines is 1. The molecule has 80 valence electrons. The van der Waals surface area contributed by atoms with Gasteiger partial charge in [-0.1, -0.05) is 0 Å². The van der Waals surface area contributed by atoms with Crippen LogP contribution < -0.4 is 5.56 Å². The molecule has 15 heavy (non-hydrogen) atoms. The van der Waals surface area contributed by atoms with Crippen molar-refractivity contribution in [3.05, 3.63) is 33.2 Å². The maximum absolute atomic E-state index is 11.5. The third-order valence-corrected chi connectivity index (χ3v) is 2.79. The van der Waals surface area contributed by atoms with E-state index in [9.17, 15) is 9.59 Å². The van der Waals surface area contributed by atoms with Crippen LogP contribution in [0.2, 0.25) is 0 Å². The molecule has 0 saturated carbocycles. The molecule has 1 aromatic rings. The Labute approximate surface area is 87.9 Å². The van der Waals surface area contributed by atoms with Crippen LogP contribution in [-0.2, 0) is 13.0 Å². The number of aromatic nitrogens is 1. The number of hydrogen-bond acceptors (Lipinski definition) is 3. The molecule has 0 fully saturated rings. The van der Waals surface area contributed by atoms with E-state index in [0.29, 0.717) is 0 Å². The molecular weight excluding hydrogens is 192 g/mol. The van der Waals surface area contributed by atoms with Gasteiger partial charge in [-0.2, -0.15) is 0 Å². The number of carbonyl (C=O) groups is 1. The van der Waals surface area contributed by atoms with Crippen molar-refractivity contribution in [3.8, 4) is 0 Å². The second-order valence-electron chi connectivity index (χ2n) is 4.06. The number of likely N-dealkylation sites (N-methyl/N-ethyl adjacent to an activating group) is 1. The highest BCUT2D eigenvalue weighted by Crippen LogP contribution is 2.15. The summed E-state index contributed by atoms with van der Waals surface area (Å²) in [5, 5.41) is 0. The smallest absolute Gasteiger partial charge is 0.259 e. The molecule has 1 aliphatic heterocycles. The van der Waals surface area contributed by atoms with Crippen molar-refractivity contribution in [3.63, 3.8) is 0 Å². The van der Waals surface area contributed by atoms with Crippen LogP contribution >= 0.6 is 0 Å². The van der Waals surface area contributed by atoms with Crippen LogP contribution in [0.25, 0.3) is 0 Å². The highest BCUT2D eigenvalue weighted by molar-refractivity contribution is 5.93. The molecule has 1 aromatic heterocycles. The van der Waals surface area contributed by atoms with E-state index in [4.69, 9.17) is 0 Å². The maximum atomic E-state index is 11.5. The normalized spacial score (nSPS) is 16.1. The largest absolute Gasteiger partial charge is 0.324 e. The van der Waals surface area contributed by atoms with Gasteiger partial charge < -0.3 is 9.88 Å². The first kappa shape index (κ1) is 10.1. The summed E-state index contributed by atoms with van der Waals surface area (Å²) < 4.78 is 0. The molecular formula is C11H14N2O2. The fourth-order valence-corrected chi connectivity index (χ4v) is 1.90. The fraction of sp³-hybridized carbons (Fsp3) is 0.455. The lowest BCUT2D eigenvalue weighted by atomic mass is 10.0. The van der Waals surface area contributed by atoms with E-state index in [2.05, 4.69) is 9.88 Å². The number of carbonyl (C=O) groups excluding carboxylic acids is 1. The zero-order valence-electron chi connectivity index (χ0n) is 8.96. The first-order valence-corrected chi connectivity index (χ1v) is 5.02. The molecule has 1 N–H and O–H groups in total. The van der Waals surface area contributed by atoms with Crippen molar-refractivity contribution < 1.29 is 4.79 Å². The number of Topliss-reactive ketones (excluding diaryl/α,β-unsaturated/α-hetero) is 1. The summed E-state index contributed by atoms with van der Waals surface area (Å²) in [5.74, 6) is -0.169. The van der Waals surface area contributed by atoms with Gasteiger partial charge in [0.25, 0.3) is 5.56 Å². The average Bonchev–Trinajstić information content (AvgIpc) is 2.15. The summed E-state index contributed by atoms with van der Waals surface area (Å²) in [5.41, 5.74) is 2.05. The summed E-state index contributed by atoms with van der Waals surface area (Å²) in [7, 11) is 2.01. The van der Waals surface area contributed by atoms with Crippen LogP contribution in [0.5, 0.6) is 0 Å². The van der Waals surface area contributed by atoms with E-state index in [1.165, 1.54) is 6.92 Å². The highest BCUT2D eigenvalue weighted by Gasteiger charge is 2.16. The van der Waals surface area contributed by atoms with E-state index in [-0.39, 0.29) is 16.9 Å². The Morgan fingerprint density at radius 1 is 1.53 bits per heavy atom. The lowest BCUT2D eigenvalue weighted by molar-refractivity contribution is 0.101. The second kappa shape index (κ2) is 3.62. The van der Waals surface area contributed by atoms with Crippen molar-refractivity contribution in [2.45, 2.75) is 19.9 Å². The van der Waals surface area contributed by atoms with Crippen molar-refractivity contribution in [2.75, 3.05) is 13.6 Å². The predicted molar refractivity (Wildman–Crippen MR) is 57.1 cm³/mol. The third-order valence-electron chi connectivity index (χ3n) is 2.79. The number of fused-ring (bicyclic) bond motifs is 1. The van der Waals surface area contributed by atoms with Crippen LogP contribution in [0.4, 0.5) is 0 Å². The number of ketones is 1. The molecule has 0 spiro atoms. The quantitative estimate of drug-likeness (QED) is 0.683. The number of nitrogens with zero attached hydrogens (tertiary/aromatic N) is 1. The lowest BCUT2D eigenvalue weighted by Crippen LogP contribution is -2.31. The van der Waals surface area contributed by atoms with Gasteiger partial charge in [0.15, 0.2) is 5.78 Å². The van der Waals surface area contributed by atoms with E-state index < -0.39 is 0 Å². The van der Waals surface area contributed by atoms with Gasteiger partial charge in [0.1, 0.15) is 0 Å². The maximum Gasteiger partial charge on any atom is 0.259 e. The predicted octanol–water partition coefficient (Wildman–Crippen LogP) is 0.565. The Morgan fingerprint density at radius 2 is 2.27 bits per heavy atom. The molecule has 0 bridgehead atoms. The minimum Gasteiger partial charge on any atom is -0.324 e. The van der Waals surface area contributed by atoms with Gasteiger partial charge in [0.2, 0.25) is 0 Å². The summed E-state index contributed by atoms with van der Waals surface area (Å²) in [4.78, 5) is 27.7. The van der Waals surface area contributed by atoms with E-state index in [0.717, 1.165) is 30.8 Å². The fourth-order valence-electron chi connectivity index (χ4n) is 1.90. The average molecular weight is 206 g/mol. The Balaban J connectivity index is 2.51. The van der Waals surface area contributed by atoms with Crippen molar-refractivity contribution in [1.29, 1.82) is 0 Å². The summed E-state index contributed by atoms with van der Waals surface area (Å²) in [6, 6.07) is 1.74. The molecule has 4 heteroatoms. The van der Waals surface area contributed by atoms with Gasteiger partial charge in [0, 0.05) is 18.8 Å². The topological polar surface area (TPSA) is 53.2 Å². The summed E-state index contributed by atoms with van der Waals surface area (Å²) >= 11 is 0. The number of H-pyrrole nitrogens is 1. The van der Waals surface area contributed by atoms with Gasteiger partial charge in [-0.3, -0.25) is 9.59 Å². The highest BCUT2D eigenvalue weighted by atomic mass is 16.1. The number of pyridine rings is 1. The van der Waals surface area contributed by atoms with Crippen LogP contribution in [0, 0.1) is 0 Å². The number of hydrogen-bond donors (Lipinski definition) is 1. The van der Waals surface area contributed by atoms with Gasteiger partial charge in [0.05, 0.1) is 5.56 Å². The third kappa shape index (κ3) is 1.85. The Hall–Kier alpha value is -1.42. The second-order valence-corrected chi connectivity index (χ2v) is 4.06. The Morgan fingerprint density at radius 3 is 2.93 bits per heavy atom. The van der Waals surface area contributed by atoms with Crippen molar-refractivity contribution >= 4 is 5.78 Å². The Kier molecular flexibility index (Phi) is 2.44. The molecule has 0 aromatic carbocycles. The number of nitrogens with one attached hydrogen (secondary N) is 1. The minimum atomic E-state index is -0.267. The summed E-state index contributed by atoms with van der Waals surface area (Å²) in [6.07, 6.45) is 0.892. The molecule has 0 unspecified atom stereocenters. The van der Waals surface area contributed by atoms with E-state index in [1.54, 1.807) is 6.07 Å².